The molecule has 0 fully saturated rings. The minimum absolute atomic E-state index is 0.678. The Morgan fingerprint density at radius 2 is 2.06 bits per heavy atom. The maximum absolute atomic E-state index is 5.93. The lowest BCUT2D eigenvalue weighted by Crippen LogP contribution is -1.88. The Morgan fingerprint density at radius 1 is 1.24 bits per heavy atom. The molecule has 17 heavy (non-hydrogen) atoms. The van der Waals surface area contributed by atoms with Crippen molar-refractivity contribution in [2.75, 3.05) is 5.73 Å². The van der Waals surface area contributed by atoms with Crippen LogP contribution in [0.5, 0.6) is 0 Å². The second kappa shape index (κ2) is 3.38. The van der Waals surface area contributed by atoms with Gasteiger partial charge in [0.15, 0.2) is 0 Å². The maximum Gasteiger partial charge on any atom is 0.0904 e. The third-order valence-corrected chi connectivity index (χ3v) is 3.14. The first kappa shape index (κ1) is 9.96. The van der Waals surface area contributed by atoms with Crippen molar-refractivity contribution in [2.24, 2.45) is 0 Å². The van der Waals surface area contributed by atoms with Crippen LogP contribution in [-0.2, 0) is 0 Å². The van der Waals surface area contributed by atoms with Crippen molar-refractivity contribution in [3.63, 3.8) is 0 Å². The number of hydrogen-bond acceptors (Lipinski definition) is 2. The molecule has 0 bridgehead atoms. The number of nitrogens with zero attached hydrogens (tertiary/aromatic N) is 1. The molecule has 0 amide bonds. The highest BCUT2D eigenvalue weighted by molar-refractivity contribution is 6.00. The van der Waals surface area contributed by atoms with Crippen LogP contribution >= 0.6 is 0 Å². The zero-order chi connectivity index (χ0) is 12.0. The van der Waals surface area contributed by atoms with E-state index in [4.69, 9.17) is 5.73 Å². The van der Waals surface area contributed by atoms with Gasteiger partial charge in [0.05, 0.1) is 17.6 Å². The third-order valence-electron chi connectivity index (χ3n) is 3.14. The van der Waals surface area contributed by atoms with Gasteiger partial charge in [-0.15, -0.1) is 0 Å². The second-order valence-corrected chi connectivity index (χ2v) is 4.32. The highest BCUT2D eigenvalue weighted by Gasteiger charge is 2.15. The van der Waals surface area contributed by atoms with E-state index in [1.807, 2.05) is 6.07 Å². The van der Waals surface area contributed by atoms with Gasteiger partial charge in [0, 0.05) is 22.2 Å². The third kappa shape index (κ3) is 1.34. The van der Waals surface area contributed by atoms with Crippen molar-refractivity contribution in [3.05, 3.63) is 35.7 Å². The van der Waals surface area contributed by atoms with Crippen molar-refractivity contribution in [3.8, 4) is 11.3 Å². The number of hydrogen-bond donors (Lipinski definition) is 3. The molecule has 0 saturated carbocycles. The fourth-order valence-electron chi connectivity index (χ4n) is 2.36. The van der Waals surface area contributed by atoms with Gasteiger partial charge in [0.1, 0.15) is 0 Å². The summed E-state index contributed by atoms with van der Waals surface area (Å²) in [5.41, 5.74) is 12.1. The average Bonchev–Trinajstić information content (AvgIpc) is 2.82. The molecular formula is C13H14N4. The molecule has 2 aromatic heterocycles. The molecule has 2 heterocycles. The second-order valence-electron chi connectivity index (χ2n) is 4.32. The Balaban J connectivity index is 2.44. The number of H-pyrrole nitrogens is 2. The van der Waals surface area contributed by atoms with Gasteiger partial charge in [0.25, 0.3) is 0 Å². The molecule has 0 spiro atoms. The molecule has 4 N–H and O–H groups in total. The monoisotopic (exact) mass is 226 g/mol. The number of nitrogen functional groups attached to an aromatic ring is 1. The van der Waals surface area contributed by atoms with Crippen LogP contribution in [0.1, 0.15) is 11.3 Å². The van der Waals surface area contributed by atoms with Crippen LogP contribution in [0, 0.1) is 13.8 Å². The zero-order valence-corrected chi connectivity index (χ0v) is 9.83. The van der Waals surface area contributed by atoms with Gasteiger partial charge in [-0.3, -0.25) is 5.10 Å². The number of fused-ring (bicyclic) bond motifs is 1. The number of benzene rings is 1. The lowest BCUT2D eigenvalue weighted by molar-refractivity contribution is 1.09. The normalized spacial score (nSPS) is 11.2. The highest BCUT2D eigenvalue weighted by atomic mass is 15.1. The largest absolute Gasteiger partial charge is 0.396 e. The number of rotatable bonds is 1. The van der Waals surface area contributed by atoms with Gasteiger partial charge in [-0.1, -0.05) is 12.1 Å². The summed E-state index contributed by atoms with van der Waals surface area (Å²) in [7, 11) is 0. The summed E-state index contributed by atoms with van der Waals surface area (Å²) < 4.78 is 0. The van der Waals surface area contributed by atoms with Crippen LogP contribution in [0.4, 0.5) is 5.69 Å². The van der Waals surface area contributed by atoms with Gasteiger partial charge >= 0.3 is 0 Å². The summed E-state index contributed by atoms with van der Waals surface area (Å²) in [5, 5.41) is 8.17. The molecule has 0 saturated heterocycles. The van der Waals surface area contributed by atoms with Crippen molar-refractivity contribution >= 4 is 16.6 Å². The lowest BCUT2D eigenvalue weighted by atomic mass is 10.0. The van der Waals surface area contributed by atoms with Crippen LogP contribution in [0.2, 0.25) is 0 Å². The van der Waals surface area contributed by atoms with Crippen LogP contribution in [0.15, 0.2) is 24.4 Å². The smallest absolute Gasteiger partial charge is 0.0904 e. The predicted molar refractivity (Wildman–Crippen MR) is 69.8 cm³/mol. The minimum Gasteiger partial charge on any atom is -0.396 e. The van der Waals surface area contributed by atoms with Crippen LogP contribution in [0.25, 0.3) is 22.2 Å². The topological polar surface area (TPSA) is 70.5 Å². The van der Waals surface area contributed by atoms with Gasteiger partial charge in [-0.05, 0) is 25.5 Å². The standard InChI is InChI=1S/C13H14N4/c1-7-4-3-5-10-11(7)12(8(2)16-10)13-9(14)6-15-17-13/h3-6,16H,14H2,1-2H3,(H,15,17). The summed E-state index contributed by atoms with van der Waals surface area (Å²) in [6.07, 6.45) is 1.64. The number of anilines is 1. The van der Waals surface area contributed by atoms with Gasteiger partial charge in [-0.25, -0.2) is 0 Å². The van der Waals surface area contributed by atoms with Crippen molar-refractivity contribution in [1.29, 1.82) is 0 Å². The summed E-state index contributed by atoms with van der Waals surface area (Å²) in [4.78, 5) is 3.38. The molecule has 0 aliphatic carbocycles. The Morgan fingerprint density at radius 3 is 2.76 bits per heavy atom. The van der Waals surface area contributed by atoms with Gasteiger partial charge in [0.2, 0.25) is 0 Å². The fraction of sp³-hybridized carbons (Fsp3) is 0.154. The molecule has 3 rings (SSSR count). The van der Waals surface area contributed by atoms with Gasteiger partial charge < -0.3 is 10.7 Å². The quantitative estimate of drug-likeness (QED) is 0.597. The molecule has 4 heteroatoms. The molecule has 1 aromatic carbocycles. The van der Waals surface area contributed by atoms with E-state index < -0.39 is 0 Å². The highest BCUT2D eigenvalue weighted by Crippen LogP contribution is 2.35. The Kier molecular flexibility index (Phi) is 1.98. The number of aromatic amines is 2. The summed E-state index contributed by atoms with van der Waals surface area (Å²) in [6.45, 7) is 4.15. The van der Waals surface area contributed by atoms with Gasteiger partial charge in [-0.2, -0.15) is 5.10 Å². The van der Waals surface area contributed by atoms with E-state index >= 15 is 0 Å². The van der Waals surface area contributed by atoms with Crippen LogP contribution < -0.4 is 5.73 Å². The van der Waals surface area contributed by atoms with E-state index in [1.165, 1.54) is 10.9 Å². The Bertz CT molecular complexity index is 691. The van der Waals surface area contributed by atoms with E-state index in [9.17, 15) is 0 Å². The number of nitrogens with two attached hydrogens (primary N) is 1. The molecule has 0 unspecified atom stereocenters. The first-order chi connectivity index (χ1) is 8.18. The zero-order valence-electron chi connectivity index (χ0n) is 9.83. The molecule has 0 aliphatic rings. The Labute approximate surface area is 98.8 Å². The molecule has 3 aromatic rings. The van der Waals surface area contributed by atoms with E-state index in [0.29, 0.717) is 5.69 Å². The fourth-order valence-corrected chi connectivity index (χ4v) is 2.36. The summed E-state index contributed by atoms with van der Waals surface area (Å²) in [5.74, 6) is 0. The first-order valence-corrected chi connectivity index (χ1v) is 5.55. The molecule has 86 valence electrons. The molecule has 0 radical (unpaired) electrons. The summed E-state index contributed by atoms with van der Waals surface area (Å²) >= 11 is 0. The van der Waals surface area contributed by atoms with E-state index in [-0.39, 0.29) is 0 Å². The maximum atomic E-state index is 5.93. The molecule has 4 nitrogen and oxygen atoms in total. The van der Waals surface area contributed by atoms with Crippen LogP contribution in [0.3, 0.4) is 0 Å². The number of nitrogens with one attached hydrogen (secondary N) is 2. The lowest BCUT2D eigenvalue weighted by Gasteiger charge is -2.02. The average molecular weight is 226 g/mol. The van der Waals surface area contributed by atoms with E-state index in [1.54, 1.807) is 6.20 Å². The van der Waals surface area contributed by atoms with E-state index in [0.717, 1.165) is 22.5 Å². The first-order valence-electron chi connectivity index (χ1n) is 5.55. The summed E-state index contributed by atoms with van der Waals surface area (Å²) in [6, 6.07) is 6.23. The van der Waals surface area contributed by atoms with Crippen molar-refractivity contribution in [2.45, 2.75) is 13.8 Å². The minimum atomic E-state index is 0.678. The predicted octanol–water partition coefficient (Wildman–Crippen LogP) is 2.76. The van der Waals surface area contributed by atoms with Crippen molar-refractivity contribution in [1.82, 2.24) is 15.2 Å². The molecular weight excluding hydrogens is 212 g/mol. The molecule has 0 atom stereocenters. The van der Waals surface area contributed by atoms with Crippen molar-refractivity contribution < 1.29 is 0 Å². The Hall–Kier alpha value is -2.23. The number of aryl methyl sites for hydroxylation is 2. The van der Waals surface area contributed by atoms with Crippen LogP contribution in [-0.4, -0.2) is 15.2 Å². The molecule has 0 aliphatic heterocycles. The SMILES string of the molecule is Cc1[nH]c2cccc(C)c2c1-c1[nH]ncc1N. The van der Waals surface area contributed by atoms with E-state index in [2.05, 4.69) is 41.2 Å². The number of aromatic nitrogens is 3.